The quantitative estimate of drug-likeness (QED) is 0.0633. The van der Waals surface area contributed by atoms with E-state index in [1.165, 1.54) is 5.38 Å². The molecule has 3 aliphatic rings. The Morgan fingerprint density at radius 3 is 2.46 bits per heavy atom. The van der Waals surface area contributed by atoms with E-state index in [2.05, 4.69) is 20.8 Å². The fraction of sp³-hybridized carbons (Fsp3) is 0.613. The molecule has 3 aliphatic heterocycles. The van der Waals surface area contributed by atoms with E-state index in [4.69, 9.17) is 23.8 Å². The van der Waals surface area contributed by atoms with Gasteiger partial charge in [-0.3, -0.25) is 33.6 Å². The van der Waals surface area contributed by atoms with Crippen molar-refractivity contribution < 1.29 is 56.8 Å². The molecule has 3 fully saturated rings. The van der Waals surface area contributed by atoms with Crippen LogP contribution in [0.3, 0.4) is 0 Å². The molecule has 3 amide bonds. The molecule has 17 nitrogen and oxygen atoms in total. The van der Waals surface area contributed by atoms with Gasteiger partial charge < -0.3 is 29.1 Å². The molecule has 0 radical (unpaired) electrons. The summed E-state index contributed by atoms with van der Waals surface area (Å²) in [5, 5.41) is 9.00. The van der Waals surface area contributed by atoms with Gasteiger partial charge in [-0.25, -0.2) is 14.6 Å². The van der Waals surface area contributed by atoms with Crippen molar-refractivity contribution in [2.75, 3.05) is 24.3 Å². The number of anilines is 1. The van der Waals surface area contributed by atoms with Gasteiger partial charge in [0.25, 0.3) is 17.5 Å². The van der Waals surface area contributed by atoms with Crippen LogP contribution < -0.4 is 10.6 Å². The highest BCUT2D eigenvalue weighted by atomic mass is 32.2. The average Bonchev–Trinajstić information content (AvgIpc) is 3.55. The number of thiazole rings is 1. The third-order valence-electron chi connectivity index (χ3n) is 7.10. The second-order valence-electron chi connectivity index (χ2n) is 13.8. The predicted octanol–water partition coefficient (Wildman–Crippen LogP) is 2.13. The smallest absolute Gasteiger partial charge is 0.413 e. The lowest BCUT2D eigenvalue weighted by molar-refractivity contribution is -0.219. The SMILES string of the molecule is CC(C)=CCOC(=O)[C@]12OC(=O)C[C@H]1C[S@](=O)[C@@H]1[C@H](NC(=O)/C(=N\OCCC(=O)OC(C)(C)C)c3csc(NC(=O)OC(C)(C)C)n3)C(=O)N12. The summed E-state index contributed by atoms with van der Waals surface area (Å²) >= 11 is 0.938. The van der Waals surface area contributed by atoms with Gasteiger partial charge in [0.15, 0.2) is 10.8 Å². The van der Waals surface area contributed by atoms with Crippen LogP contribution in [-0.4, -0.2) is 103 Å². The Bertz CT molecular complexity index is 1640. The first-order valence-electron chi connectivity index (χ1n) is 15.6. The molecule has 0 spiro atoms. The number of fused-ring (bicyclic) bond motifs is 3. The second kappa shape index (κ2) is 14.8. The molecule has 19 heteroatoms. The van der Waals surface area contributed by atoms with Crippen molar-refractivity contribution in [1.29, 1.82) is 0 Å². The van der Waals surface area contributed by atoms with Crippen molar-refractivity contribution in [3.63, 3.8) is 0 Å². The number of carbonyl (C=O) groups is 6. The van der Waals surface area contributed by atoms with Crippen LogP contribution in [0, 0.1) is 5.92 Å². The monoisotopic (exact) mass is 739 g/mol. The second-order valence-corrected chi connectivity index (χ2v) is 16.3. The Hall–Kier alpha value is -4.39. The highest BCUT2D eigenvalue weighted by Crippen LogP contribution is 2.48. The summed E-state index contributed by atoms with van der Waals surface area (Å²) < 4.78 is 34.7. The Morgan fingerprint density at radius 1 is 1.14 bits per heavy atom. The van der Waals surface area contributed by atoms with Crippen molar-refractivity contribution in [1.82, 2.24) is 15.2 Å². The van der Waals surface area contributed by atoms with Crippen molar-refractivity contribution in [3.05, 3.63) is 22.7 Å². The molecule has 0 aliphatic carbocycles. The van der Waals surface area contributed by atoms with E-state index in [9.17, 15) is 33.0 Å². The van der Waals surface area contributed by atoms with Gasteiger partial charge >= 0.3 is 24.0 Å². The summed E-state index contributed by atoms with van der Waals surface area (Å²) in [6, 6.07) is -1.42. The molecule has 0 bridgehead atoms. The molecule has 0 unspecified atom stereocenters. The number of ether oxygens (including phenoxy) is 4. The first-order valence-corrected chi connectivity index (χ1v) is 17.9. The minimum atomic E-state index is -2.14. The Morgan fingerprint density at radius 2 is 1.82 bits per heavy atom. The average molecular weight is 740 g/mol. The number of nitrogens with one attached hydrogen (secondary N) is 2. The zero-order valence-electron chi connectivity index (χ0n) is 29.0. The van der Waals surface area contributed by atoms with E-state index in [-0.39, 0.29) is 42.6 Å². The highest BCUT2D eigenvalue weighted by Gasteiger charge is 2.73. The Balaban J connectivity index is 1.56. The number of allylic oxidation sites excluding steroid dienone is 1. The van der Waals surface area contributed by atoms with E-state index in [1.807, 2.05) is 0 Å². The normalized spacial score (nSPS) is 24.5. The van der Waals surface area contributed by atoms with Crippen LogP contribution in [0.1, 0.15) is 73.9 Å². The lowest BCUT2D eigenvalue weighted by Crippen LogP contribution is -2.83. The van der Waals surface area contributed by atoms with Gasteiger partial charge in [-0.15, -0.1) is 11.3 Å². The van der Waals surface area contributed by atoms with Gasteiger partial charge in [0.05, 0.1) is 18.8 Å². The van der Waals surface area contributed by atoms with Gasteiger partial charge in [0, 0.05) is 21.9 Å². The number of esters is 3. The maximum atomic E-state index is 13.7. The largest absolute Gasteiger partial charge is 0.460 e. The standard InChI is InChI=1S/C31H41N5O12S2/c1-16(2)9-11-44-26(41)31-17(13-20(38)47-31)15-50(43)25-22(24(40)36(25)31)33-23(39)21(35-45-12-10-19(37)46-29(3,4)5)18-14-49-27(32-18)34-28(42)48-30(6,7)8/h9,14,17,22,25H,10-13,15H2,1-8H3,(H,33,39)(H,32,34,42)/b35-21-/t17-,22+,25+,31+,50-/m0/s1. The number of oxime groups is 1. The maximum absolute atomic E-state index is 13.7. The van der Waals surface area contributed by atoms with Crippen LogP contribution in [0.5, 0.6) is 0 Å². The number of hydrogen-bond acceptors (Lipinski definition) is 15. The summed E-state index contributed by atoms with van der Waals surface area (Å²) in [6.07, 6.45) is 0.372. The summed E-state index contributed by atoms with van der Waals surface area (Å²) in [4.78, 5) is 88.0. The highest BCUT2D eigenvalue weighted by molar-refractivity contribution is 7.85. The lowest BCUT2D eigenvalue weighted by Gasteiger charge is -2.56. The van der Waals surface area contributed by atoms with Gasteiger partial charge in [-0.2, -0.15) is 0 Å². The minimum absolute atomic E-state index is 0.0467. The van der Waals surface area contributed by atoms with Crippen molar-refractivity contribution in [2.45, 2.75) is 96.6 Å². The van der Waals surface area contributed by atoms with Crippen LogP contribution >= 0.6 is 11.3 Å². The zero-order valence-corrected chi connectivity index (χ0v) is 30.6. The molecule has 0 aromatic carbocycles. The number of rotatable bonds is 11. The third kappa shape index (κ3) is 8.85. The lowest BCUT2D eigenvalue weighted by atomic mass is 9.89. The molecule has 4 rings (SSSR count). The van der Waals surface area contributed by atoms with Gasteiger partial charge in [-0.1, -0.05) is 10.7 Å². The van der Waals surface area contributed by atoms with Crippen molar-refractivity contribution in [3.8, 4) is 0 Å². The molecule has 274 valence electrons. The third-order valence-corrected chi connectivity index (χ3v) is 9.61. The van der Waals surface area contributed by atoms with E-state index < -0.39 is 86.6 Å². The van der Waals surface area contributed by atoms with E-state index in [0.29, 0.717) is 0 Å². The van der Waals surface area contributed by atoms with Crippen LogP contribution in [0.4, 0.5) is 9.93 Å². The molecule has 2 N–H and O–H groups in total. The number of nitrogens with zero attached hydrogens (tertiary/aromatic N) is 3. The molecule has 1 aromatic rings. The summed E-state index contributed by atoms with van der Waals surface area (Å²) in [6.45, 7) is 13.3. The molecule has 5 atom stereocenters. The Kier molecular flexibility index (Phi) is 11.4. The van der Waals surface area contributed by atoms with E-state index in [0.717, 1.165) is 21.8 Å². The molecular formula is C31H41N5O12S2. The first kappa shape index (κ1) is 38.4. The molecule has 50 heavy (non-hydrogen) atoms. The molecule has 3 saturated heterocycles. The topological polar surface area (TPSA) is 218 Å². The number of β-lactam (4-membered cyclic amide) rings is 1. The van der Waals surface area contributed by atoms with Gasteiger partial charge in [0.2, 0.25) is 0 Å². The number of amides is 3. The molecule has 4 heterocycles. The van der Waals surface area contributed by atoms with Gasteiger partial charge in [-0.05, 0) is 61.5 Å². The zero-order chi connectivity index (χ0) is 37.2. The summed E-state index contributed by atoms with van der Waals surface area (Å²) in [5.41, 5.74) is -3.32. The number of aromatic nitrogens is 1. The summed E-state index contributed by atoms with van der Waals surface area (Å²) in [7, 11) is -1.83. The van der Waals surface area contributed by atoms with Crippen LogP contribution in [0.25, 0.3) is 0 Å². The molecule has 0 saturated carbocycles. The number of hydrogen-bond donors (Lipinski definition) is 2. The first-order chi connectivity index (χ1) is 23.2. The predicted molar refractivity (Wildman–Crippen MR) is 178 cm³/mol. The van der Waals surface area contributed by atoms with Crippen molar-refractivity contribution >= 4 is 68.8 Å². The van der Waals surface area contributed by atoms with Gasteiger partial charge in [0.1, 0.15) is 41.5 Å². The number of carbonyl (C=O) groups excluding carboxylic acids is 6. The van der Waals surface area contributed by atoms with E-state index in [1.54, 1.807) is 61.5 Å². The maximum Gasteiger partial charge on any atom is 0.413 e. The van der Waals surface area contributed by atoms with E-state index >= 15 is 0 Å². The van der Waals surface area contributed by atoms with Crippen molar-refractivity contribution in [2.24, 2.45) is 11.1 Å². The molecular weight excluding hydrogens is 698 g/mol. The fourth-order valence-corrected chi connectivity index (χ4v) is 7.74. The van der Waals surface area contributed by atoms with Crippen LogP contribution in [0.2, 0.25) is 0 Å². The molecule has 1 aromatic heterocycles. The summed E-state index contributed by atoms with van der Waals surface area (Å²) in [5.74, 6) is -5.25. The minimum Gasteiger partial charge on any atom is -0.460 e. The van der Waals surface area contributed by atoms with Crippen LogP contribution in [-0.2, 0) is 58.6 Å². The fourth-order valence-electron chi connectivity index (χ4n) is 5.14. The Labute approximate surface area is 294 Å². The van der Waals surface area contributed by atoms with Crippen LogP contribution in [0.15, 0.2) is 22.2 Å².